The molecule has 0 bridgehead atoms. The van der Waals surface area contributed by atoms with Gasteiger partial charge in [0, 0.05) is 16.2 Å². The van der Waals surface area contributed by atoms with E-state index in [4.69, 9.17) is 9.84 Å². The molecule has 0 fully saturated rings. The van der Waals surface area contributed by atoms with Gasteiger partial charge in [-0.15, -0.1) is 11.8 Å². The Morgan fingerprint density at radius 1 is 1.10 bits per heavy atom. The molecule has 1 N–H and O–H groups in total. The van der Waals surface area contributed by atoms with Crippen LogP contribution in [0.5, 0.6) is 5.75 Å². The van der Waals surface area contributed by atoms with E-state index in [1.54, 1.807) is 18.9 Å². The number of hydrogen-bond donors (Lipinski definition) is 1. The fourth-order valence-electron chi connectivity index (χ4n) is 1.73. The molecule has 0 unspecified atom stereocenters. The summed E-state index contributed by atoms with van der Waals surface area (Å²) in [6.07, 6.45) is 0. The number of rotatable bonds is 4. The van der Waals surface area contributed by atoms with E-state index in [1.807, 2.05) is 30.3 Å². The molecule has 3 heteroatoms. The van der Waals surface area contributed by atoms with Crippen LogP contribution in [0.3, 0.4) is 0 Å². The van der Waals surface area contributed by atoms with E-state index in [0.717, 1.165) is 22.0 Å². The predicted octanol–water partition coefficient (Wildman–Crippen LogP) is 3.33. The molecule has 2 aromatic rings. The van der Waals surface area contributed by atoms with E-state index >= 15 is 0 Å². The third kappa shape index (κ3) is 4.06. The van der Waals surface area contributed by atoms with Gasteiger partial charge in [0.1, 0.15) is 12.4 Å². The smallest absolute Gasteiger partial charge is 0.132 e. The van der Waals surface area contributed by atoms with Gasteiger partial charge in [-0.25, -0.2) is 0 Å². The van der Waals surface area contributed by atoms with Crippen molar-refractivity contribution >= 4 is 11.8 Å². The number of hydrogen-bond acceptors (Lipinski definition) is 3. The van der Waals surface area contributed by atoms with Crippen molar-refractivity contribution in [2.75, 3.05) is 13.7 Å². The maximum Gasteiger partial charge on any atom is 0.132 e. The Bertz CT molecular complexity index is 609. The highest BCUT2D eigenvalue weighted by Gasteiger charge is 2.02. The summed E-state index contributed by atoms with van der Waals surface area (Å²) in [5, 5.41) is 8.65. The maximum absolute atomic E-state index is 8.65. The highest BCUT2D eigenvalue weighted by atomic mass is 32.2. The van der Waals surface area contributed by atoms with Crippen LogP contribution in [-0.4, -0.2) is 18.8 Å². The third-order valence-electron chi connectivity index (χ3n) is 2.73. The normalized spacial score (nSPS) is 9.70. The molecule has 0 amide bonds. The number of aliphatic hydroxyl groups is 1. The average molecular weight is 284 g/mol. The number of ether oxygens (including phenoxy) is 1. The van der Waals surface area contributed by atoms with Gasteiger partial charge >= 0.3 is 0 Å². The molecule has 0 spiro atoms. The molecule has 0 heterocycles. The first-order valence-electron chi connectivity index (χ1n) is 6.28. The fraction of sp³-hybridized carbons (Fsp3) is 0.176. The molecule has 2 aromatic carbocycles. The molecular weight excluding hydrogens is 268 g/mol. The Kier molecular flexibility index (Phi) is 5.55. The van der Waals surface area contributed by atoms with Crippen molar-refractivity contribution in [2.45, 2.75) is 10.6 Å². The van der Waals surface area contributed by atoms with Crippen LogP contribution in [-0.2, 0) is 5.75 Å². The average Bonchev–Trinajstić information content (AvgIpc) is 2.52. The monoisotopic (exact) mass is 284 g/mol. The maximum atomic E-state index is 8.65. The van der Waals surface area contributed by atoms with Crippen molar-refractivity contribution in [1.82, 2.24) is 0 Å². The van der Waals surface area contributed by atoms with E-state index in [-0.39, 0.29) is 6.61 Å². The van der Waals surface area contributed by atoms with Gasteiger partial charge < -0.3 is 9.84 Å². The first-order chi connectivity index (χ1) is 9.83. The van der Waals surface area contributed by atoms with Crippen molar-refractivity contribution in [3.05, 3.63) is 59.7 Å². The molecule has 0 radical (unpaired) electrons. The zero-order valence-corrected chi connectivity index (χ0v) is 12.1. The van der Waals surface area contributed by atoms with Gasteiger partial charge in [-0.05, 0) is 29.8 Å². The zero-order valence-electron chi connectivity index (χ0n) is 11.3. The van der Waals surface area contributed by atoms with Crippen molar-refractivity contribution in [3.8, 4) is 17.6 Å². The summed E-state index contributed by atoms with van der Waals surface area (Å²) < 4.78 is 5.33. The van der Waals surface area contributed by atoms with Gasteiger partial charge in [0.05, 0.1) is 7.11 Å². The van der Waals surface area contributed by atoms with Gasteiger partial charge in [-0.1, -0.05) is 36.1 Å². The van der Waals surface area contributed by atoms with Gasteiger partial charge in [0.15, 0.2) is 0 Å². The molecule has 0 aromatic heterocycles. The molecule has 102 valence electrons. The second-order valence-electron chi connectivity index (χ2n) is 4.10. The Labute approximate surface area is 123 Å². The fourth-order valence-corrected chi connectivity index (χ4v) is 2.71. The van der Waals surface area contributed by atoms with Crippen molar-refractivity contribution in [1.29, 1.82) is 0 Å². The minimum atomic E-state index is -0.106. The Morgan fingerprint density at radius 2 is 1.85 bits per heavy atom. The Balaban J connectivity index is 2.00. The Hall–Kier alpha value is -1.89. The molecule has 0 aliphatic heterocycles. The van der Waals surface area contributed by atoms with Crippen LogP contribution in [0.15, 0.2) is 53.4 Å². The summed E-state index contributed by atoms with van der Waals surface area (Å²) in [7, 11) is 1.69. The lowest BCUT2D eigenvalue weighted by atomic mass is 10.1. The molecule has 2 nitrogen and oxygen atoms in total. The van der Waals surface area contributed by atoms with Crippen molar-refractivity contribution in [3.63, 3.8) is 0 Å². The quantitative estimate of drug-likeness (QED) is 0.690. The van der Waals surface area contributed by atoms with Gasteiger partial charge in [-0.2, -0.15) is 0 Å². The van der Waals surface area contributed by atoms with Gasteiger partial charge in [0.25, 0.3) is 0 Å². The summed E-state index contributed by atoms with van der Waals surface area (Å²) in [6, 6.07) is 16.1. The summed E-state index contributed by atoms with van der Waals surface area (Å²) in [4.78, 5) is 1.14. The SMILES string of the molecule is COc1ccccc1SCc1ccc(C#CCO)cc1. The van der Waals surface area contributed by atoms with E-state index < -0.39 is 0 Å². The molecule has 2 rings (SSSR count). The van der Waals surface area contributed by atoms with Crippen LogP contribution in [0.2, 0.25) is 0 Å². The topological polar surface area (TPSA) is 29.5 Å². The summed E-state index contributed by atoms with van der Waals surface area (Å²) >= 11 is 1.75. The molecule has 20 heavy (non-hydrogen) atoms. The zero-order chi connectivity index (χ0) is 14.2. The van der Waals surface area contributed by atoms with Gasteiger partial charge in [-0.3, -0.25) is 0 Å². The minimum absolute atomic E-state index is 0.106. The van der Waals surface area contributed by atoms with E-state index in [1.165, 1.54) is 5.56 Å². The van der Waals surface area contributed by atoms with Crippen LogP contribution >= 0.6 is 11.8 Å². The molecule has 0 saturated heterocycles. The number of aliphatic hydroxyl groups excluding tert-OH is 1. The molecule has 0 aliphatic carbocycles. The first-order valence-corrected chi connectivity index (χ1v) is 7.26. The summed E-state index contributed by atoms with van der Waals surface area (Å²) in [6.45, 7) is -0.106. The van der Waals surface area contributed by atoms with Crippen molar-refractivity contribution < 1.29 is 9.84 Å². The van der Waals surface area contributed by atoms with Crippen LogP contribution in [0.1, 0.15) is 11.1 Å². The summed E-state index contributed by atoms with van der Waals surface area (Å²) in [5.41, 5.74) is 2.15. The summed E-state index contributed by atoms with van der Waals surface area (Å²) in [5.74, 6) is 7.32. The number of thioether (sulfide) groups is 1. The van der Waals surface area contributed by atoms with Crippen LogP contribution in [0.4, 0.5) is 0 Å². The second kappa shape index (κ2) is 7.64. The second-order valence-corrected chi connectivity index (χ2v) is 5.11. The number of methoxy groups -OCH3 is 1. The van der Waals surface area contributed by atoms with Crippen LogP contribution in [0.25, 0.3) is 0 Å². The van der Waals surface area contributed by atoms with E-state index in [2.05, 4.69) is 30.0 Å². The minimum Gasteiger partial charge on any atom is -0.496 e. The number of para-hydroxylation sites is 1. The molecule has 0 atom stereocenters. The molecule has 0 saturated carbocycles. The Morgan fingerprint density at radius 3 is 2.55 bits per heavy atom. The lowest BCUT2D eigenvalue weighted by Crippen LogP contribution is -1.87. The van der Waals surface area contributed by atoms with E-state index in [0.29, 0.717) is 0 Å². The lowest BCUT2D eigenvalue weighted by Gasteiger charge is -2.07. The molecule has 0 aliphatic rings. The third-order valence-corrected chi connectivity index (χ3v) is 3.86. The van der Waals surface area contributed by atoms with E-state index in [9.17, 15) is 0 Å². The highest BCUT2D eigenvalue weighted by Crippen LogP contribution is 2.31. The molecular formula is C17H16O2S. The largest absolute Gasteiger partial charge is 0.496 e. The predicted molar refractivity (Wildman–Crippen MR) is 83.0 cm³/mol. The van der Waals surface area contributed by atoms with Crippen LogP contribution in [0, 0.1) is 11.8 Å². The van der Waals surface area contributed by atoms with Crippen LogP contribution < -0.4 is 4.74 Å². The standard InChI is InChI=1S/C17H16O2S/c1-19-16-6-2-3-7-17(16)20-13-15-10-8-14(9-11-15)5-4-12-18/h2-3,6-11,18H,12-13H2,1H3. The first kappa shape index (κ1) is 14.5. The number of benzene rings is 2. The highest BCUT2D eigenvalue weighted by molar-refractivity contribution is 7.98. The van der Waals surface area contributed by atoms with Gasteiger partial charge in [0.2, 0.25) is 0 Å². The lowest BCUT2D eigenvalue weighted by molar-refractivity contribution is 0.350. The van der Waals surface area contributed by atoms with Crippen molar-refractivity contribution in [2.24, 2.45) is 0 Å².